The minimum atomic E-state index is -1.09. The van der Waals surface area contributed by atoms with Crippen LogP contribution in [-0.4, -0.2) is 48.6 Å². The van der Waals surface area contributed by atoms with Gasteiger partial charge in [0.15, 0.2) is 5.69 Å². The van der Waals surface area contributed by atoms with E-state index in [1.54, 1.807) is 7.11 Å². The Morgan fingerprint density at radius 1 is 1.37 bits per heavy atom. The number of fused-ring (bicyclic) bond motifs is 1. The highest BCUT2D eigenvalue weighted by molar-refractivity contribution is 6.02. The second-order valence-corrected chi connectivity index (χ2v) is 4.13. The molecule has 0 aliphatic heterocycles. The van der Waals surface area contributed by atoms with Crippen molar-refractivity contribution in [1.29, 1.82) is 0 Å². The summed E-state index contributed by atoms with van der Waals surface area (Å²) >= 11 is 0. The zero-order valence-electron chi connectivity index (χ0n) is 10.8. The van der Waals surface area contributed by atoms with Crippen LogP contribution in [0.15, 0.2) is 24.3 Å². The fraction of sp³-hybridized carbons (Fsp3) is 0.308. The zero-order valence-corrected chi connectivity index (χ0v) is 10.8. The molecule has 2 rings (SSSR count). The number of hydrogen-bond donors (Lipinski definition) is 1. The average molecular weight is 261 g/mol. The van der Waals surface area contributed by atoms with Gasteiger partial charge in [0.2, 0.25) is 0 Å². The van der Waals surface area contributed by atoms with Crippen molar-refractivity contribution in [2.24, 2.45) is 0 Å². The first-order valence-corrected chi connectivity index (χ1v) is 5.84. The van der Waals surface area contributed by atoms with Gasteiger partial charge in [-0.1, -0.05) is 18.2 Å². The third-order valence-electron chi connectivity index (χ3n) is 2.86. The molecule has 0 radical (unpaired) electrons. The minimum absolute atomic E-state index is 0.0442. The number of benzene rings is 1. The monoisotopic (exact) mass is 261 g/mol. The lowest BCUT2D eigenvalue weighted by Crippen LogP contribution is -2.25. The summed E-state index contributed by atoms with van der Waals surface area (Å²) in [5, 5.41) is 17.8. The number of likely N-dealkylation sites (N-methyl/N-ethyl adjacent to an activating group) is 1. The highest BCUT2D eigenvalue weighted by atomic mass is 16.5. The maximum Gasteiger partial charge on any atom is 0.358 e. The van der Waals surface area contributed by atoms with Crippen LogP contribution in [0.2, 0.25) is 0 Å². The lowest BCUT2D eigenvalue weighted by molar-refractivity contribution is 0.0690. The number of aromatic nitrogens is 2. The Hall–Kier alpha value is -2.21. The van der Waals surface area contributed by atoms with Crippen molar-refractivity contribution in [2.45, 2.75) is 0 Å². The van der Waals surface area contributed by atoms with Crippen LogP contribution in [0.5, 0.6) is 0 Å². The molecular weight excluding hydrogens is 246 g/mol. The van der Waals surface area contributed by atoms with Gasteiger partial charge in [0, 0.05) is 26.1 Å². The highest BCUT2D eigenvalue weighted by Gasteiger charge is 2.19. The molecule has 0 aliphatic rings. The number of carboxylic acid groups (broad SMARTS) is 1. The van der Waals surface area contributed by atoms with Gasteiger partial charge in [-0.05, 0) is 6.07 Å². The van der Waals surface area contributed by atoms with Gasteiger partial charge in [0.05, 0.1) is 17.8 Å². The molecule has 0 fully saturated rings. The molecule has 0 aliphatic carbocycles. The van der Waals surface area contributed by atoms with E-state index in [4.69, 9.17) is 4.74 Å². The number of methoxy groups -OCH3 is 1. The summed E-state index contributed by atoms with van der Waals surface area (Å²) < 4.78 is 5.02. The van der Waals surface area contributed by atoms with Gasteiger partial charge in [-0.25, -0.2) is 4.79 Å². The number of nitrogens with zero attached hydrogens (tertiary/aromatic N) is 3. The minimum Gasteiger partial charge on any atom is -0.476 e. The van der Waals surface area contributed by atoms with Crippen LogP contribution in [0.25, 0.3) is 10.9 Å². The van der Waals surface area contributed by atoms with Gasteiger partial charge in [-0.15, -0.1) is 10.2 Å². The summed E-state index contributed by atoms with van der Waals surface area (Å²) in [6.45, 7) is 1.08. The quantitative estimate of drug-likeness (QED) is 0.877. The Morgan fingerprint density at radius 2 is 2.11 bits per heavy atom. The van der Waals surface area contributed by atoms with E-state index in [0.717, 1.165) is 5.39 Å². The molecule has 1 N–H and O–H groups in total. The molecule has 0 saturated carbocycles. The maximum atomic E-state index is 11.3. The zero-order chi connectivity index (χ0) is 13.8. The molecule has 1 aromatic carbocycles. The van der Waals surface area contributed by atoms with Crippen LogP contribution in [0, 0.1) is 0 Å². The van der Waals surface area contributed by atoms with Gasteiger partial charge < -0.3 is 14.7 Å². The molecule has 19 heavy (non-hydrogen) atoms. The standard InChI is InChI=1S/C13H15N3O3/c1-16(7-8-19-2)12-9-5-3-4-6-10(9)14-15-11(12)13(17)18/h3-6H,7-8H2,1-2H3,(H,17,18). The molecule has 6 heteroatoms. The van der Waals surface area contributed by atoms with Crippen molar-refractivity contribution in [3.05, 3.63) is 30.0 Å². The smallest absolute Gasteiger partial charge is 0.358 e. The van der Waals surface area contributed by atoms with Crippen LogP contribution in [-0.2, 0) is 4.74 Å². The summed E-state index contributed by atoms with van der Waals surface area (Å²) in [5.74, 6) is -1.09. The summed E-state index contributed by atoms with van der Waals surface area (Å²) in [4.78, 5) is 13.1. The Bertz CT molecular complexity index is 601. The predicted molar refractivity (Wildman–Crippen MR) is 71.6 cm³/mol. The molecule has 100 valence electrons. The molecule has 1 aromatic heterocycles. The lowest BCUT2D eigenvalue weighted by atomic mass is 10.1. The second-order valence-electron chi connectivity index (χ2n) is 4.13. The van der Waals surface area contributed by atoms with Gasteiger partial charge >= 0.3 is 5.97 Å². The van der Waals surface area contributed by atoms with Crippen LogP contribution in [0.4, 0.5) is 5.69 Å². The van der Waals surface area contributed by atoms with Crippen molar-refractivity contribution in [1.82, 2.24) is 10.2 Å². The molecule has 0 atom stereocenters. The SMILES string of the molecule is COCCN(C)c1c(C(=O)O)nnc2ccccc12. The highest BCUT2D eigenvalue weighted by Crippen LogP contribution is 2.27. The number of ether oxygens (including phenoxy) is 1. The van der Waals surface area contributed by atoms with E-state index in [-0.39, 0.29) is 5.69 Å². The molecule has 0 amide bonds. The molecule has 0 bridgehead atoms. The number of aromatic carboxylic acids is 1. The van der Waals surface area contributed by atoms with E-state index in [9.17, 15) is 9.90 Å². The first kappa shape index (κ1) is 13.2. The first-order valence-electron chi connectivity index (χ1n) is 5.84. The van der Waals surface area contributed by atoms with Crippen molar-refractivity contribution in [3.8, 4) is 0 Å². The Morgan fingerprint density at radius 3 is 2.79 bits per heavy atom. The van der Waals surface area contributed by atoms with Gasteiger partial charge in [0.1, 0.15) is 0 Å². The number of anilines is 1. The van der Waals surface area contributed by atoms with Crippen molar-refractivity contribution >= 4 is 22.6 Å². The van der Waals surface area contributed by atoms with E-state index in [0.29, 0.717) is 24.4 Å². The van der Waals surface area contributed by atoms with E-state index < -0.39 is 5.97 Å². The number of carbonyl (C=O) groups is 1. The fourth-order valence-corrected chi connectivity index (χ4v) is 1.91. The molecule has 1 heterocycles. The Kier molecular flexibility index (Phi) is 3.91. The number of rotatable bonds is 5. The van der Waals surface area contributed by atoms with Gasteiger partial charge in [-0.3, -0.25) is 0 Å². The normalized spacial score (nSPS) is 10.6. The van der Waals surface area contributed by atoms with Gasteiger partial charge in [0.25, 0.3) is 0 Å². The van der Waals surface area contributed by atoms with Crippen LogP contribution < -0.4 is 4.90 Å². The summed E-state index contributed by atoms with van der Waals surface area (Å²) in [6.07, 6.45) is 0. The fourth-order valence-electron chi connectivity index (χ4n) is 1.91. The maximum absolute atomic E-state index is 11.3. The van der Waals surface area contributed by atoms with E-state index in [1.165, 1.54) is 0 Å². The first-order chi connectivity index (χ1) is 9.15. The van der Waals surface area contributed by atoms with Crippen molar-refractivity contribution in [3.63, 3.8) is 0 Å². The largest absolute Gasteiger partial charge is 0.476 e. The molecule has 0 saturated heterocycles. The van der Waals surface area contributed by atoms with E-state index >= 15 is 0 Å². The van der Waals surface area contributed by atoms with Crippen LogP contribution in [0.1, 0.15) is 10.5 Å². The van der Waals surface area contributed by atoms with Gasteiger partial charge in [-0.2, -0.15) is 0 Å². The third kappa shape index (κ3) is 2.63. The number of carboxylic acids is 1. The molecular formula is C13H15N3O3. The van der Waals surface area contributed by atoms with E-state index in [1.807, 2.05) is 36.2 Å². The van der Waals surface area contributed by atoms with Crippen LogP contribution >= 0.6 is 0 Å². The molecule has 0 unspecified atom stereocenters. The van der Waals surface area contributed by atoms with E-state index in [2.05, 4.69) is 10.2 Å². The average Bonchev–Trinajstić information content (AvgIpc) is 2.43. The topological polar surface area (TPSA) is 75.5 Å². The predicted octanol–water partition coefficient (Wildman–Crippen LogP) is 1.41. The lowest BCUT2D eigenvalue weighted by Gasteiger charge is -2.21. The summed E-state index contributed by atoms with van der Waals surface area (Å²) in [5.41, 5.74) is 1.19. The van der Waals surface area contributed by atoms with Crippen LogP contribution in [0.3, 0.4) is 0 Å². The number of hydrogen-bond acceptors (Lipinski definition) is 5. The van der Waals surface area contributed by atoms with Crippen molar-refractivity contribution < 1.29 is 14.6 Å². The molecule has 6 nitrogen and oxygen atoms in total. The van der Waals surface area contributed by atoms with Crippen molar-refractivity contribution in [2.75, 3.05) is 32.2 Å². The molecule has 0 spiro atoms. The summed E-state index contributed by atoms with van der Waals surface area (Å²) in [7, 11) is 3.42. The molecule has 2 aromatic rings. The third-order valence-corrected chi connectivity index (χ3v) is 2.86. The Labute approximate surface area is 110 Å². The Balaban J connectivity index is 2.58. The second kappa shape index (κ2) is 5.62. The summed E-state index contributed by atoms with van der Waals surface area (Å²) in [6, 6.07) is 7.34.